The van der Waals surface area contributed by atoms with Gasteiger partial charge < -0.3 is 10.1 Å². The molecule has 2 aromatic rings. The van der Waals surface area contributed by atoms with Crippen LogP contribution in [-0.2, 0) is 21.0 Å². The van der Waals surface area contributed by atoms with Crippen LogP contribution in [0.15, 0.2) is 47.4 Å². The summed E-state index contributed by atoms with van der Waals surface area (Å²) in [6.45, 7) is -0.543. The molecular formula is C17H16F4N2O4S. The van der Waals surface area contributed by atoms with Crippen molar-refractivity contribution in [3.63, 3.8) is 0 Å². The number of anilines is 1. The van der Waals surface area contributed by atoms with E-state index in [1.165, 1.54) is 38.4 Å². The summed E-state index contributed by atoms with van der Waals surface area (Å²) >= 11 is 0. The van der Waals surface area contributed by atoms with Crippen LogP contribution in [0.5, 0.6) is 5.75 Å². The number of alkyl halides is 3. The second-order valence-corrected chi connectivity index (χ2v) is 7.94. The van der Waals surface area contributed by atoms with Crippen molar-refractivity contribution in [1.29, 1.82) is 0 Å². The van der Waals surface area contributed by atoms with Crippen LogP contribution in [-0.4, -0.2) is 39.3 Å². The molecule has 0 fully saturated rings. The molecule has 6 nitrogen and oxygen atoms in total. The summed E-state index contributed by atoms with van der Waals surface area (Å²) in [6, 6.07) is 7.32. The molecule has 0 saturated heterocycles. The molecule has 28 heavy (non-hydrogen) atoms. The van der Waals surface area contributed by atoms with Crippen LogP contribution < -0.4 is 10.1 Å². The Morgan fingerprint density at radius 2 is 1.71 bits per heavy atom. The number of carbonyl (C=O) groups excluding carboxylic acids is 1. The highest BCUT2D eigenvalue weighted by molar-refractivity contribution is 7.89. The maximum Gasteiger partial charge on any atom is 0.419 e. The van der Waals surface area contributed by atoms with Gasteiger partial charge in [-0.05, 0) is 42.5 Å². The maximum atomic E-state index is 13.2. The smallest absolute Gasteiger partial charge is 0.419 e. The Labute approximate surface area is 158 Å². The van der Waals surface area contributed by atoms with Gasteiger partial charge in [0.15, 0.2) is 6.61 Å². The molecule has 0 aliphatic carbocycles. The topological polar surface area (TPSA) is 75.7 Å². The highest BCUT2D eigenvalue weighted by Gasteiger charge is 2.34. The number of ether oxygens (including phenoxy) is 1. The van der Waals surface area contributed by atoms with E-state index in [9.17, 15) is 30.8 Å². The summed E-state index contributed by atoms with van der Waals surface area (Å²) in [5.41, 5.74) is -1.74. The van der Waals surface area contributed by atoms with Gasteiger partial charge in [-0.25, -0.2) is 17.1 Å². The number of benzene rings is 2. The van der Waals surface area contributed by atoms with Crippen LogP contribution in [0.1, 0.15) is 5.56 Å². The number of nitrogens with one attached hydrogen (secondary N) is 1. The molecule has 1 N–H and O–H groups in total. The normalized spacial score (nSPS) is 12.1. The predicted molar refractivity (Wildman–Crippen MR) is 92.8 cm³/mol. The second kappa shape index (κ2) is 8.15. The lowest BCUT2D eigenvalue weighted by atomic mass is 10.2. The van der Waals surface area contributed by atoms with Crippen LogP contribution in [0.2, 0.25) is 0 Å². The summed E-state index contributed by atoms with van der Waals surface area (Å²) in [7, 11) is -0.852. The second-order valence-electron chi connectivity index (χ2n) is 5.79. The summed E-state index contributed by atoms with van der Waals surface area (Å²) in [5, 5.41) is 2.17. The first kappa shape index (κ1) is 21.6. The Bertz CT molecular complexity index is 958. The van der Waals surface area contributed by atoms with Crippen molar-refractivity contribution in [3.05, 3.63) is 53.8 Å². The number of amides is 1. The van der Waals surface area contributed by atoms with Crippen LogP contribution >= 0.6 is 0 Å². The maximum absolute atomic E-state index is 13.2. The first-order valence-electron chi connectivity index (χ1n) is 7.73. The fraction of sp³-hybridized carbons (Fsp3) is 0.235. The number of carbonyl (C=O) groups is 1. The Morgan fingerprint density at radius 3 is 2.25 bits per heavy atom. The Morgan fingerprint density at radius 1 is 1.11 bits per heavy atom. The minimum Gasteiger partial charge on any atom is -0.484 e. The van der Waals surface area contributed by atoms with E-state index in [1.54, 1.807) is 0 Å². The Hall–Kier alpha value is -2.66. The van der Waals surface area contributed by atoms with E-state index in [4.69, 9.17) is 4.74 Å². The molecule has 0 spiro atoms. The summed E-state index contributed by atoms with van der Waals surface area (Å²) in [5.74, 6) is -2.04. The van der Waals surface area contributed by atoms with E-state index in [-0.39, 0.29) is 16.3 Å². The minimum absolute atomic E-state index is 0.0280. The fourth-order valence-electron chi connectivity index (χ4n) is 2.08. The average molecular weight is 420 g/mol. The van der Waals surface area contributed by atoms with Gasteiger partial charge in [0.25, 0.3) is 5.91 Å². The summed E-state index contributed by atoms with van der Waals surface area (Å²) in [6.07, 6.45) is -4.89. The van der Waals surface area contributed by atoms with Gasteiger partial charge in [0.2, 0.25) is 10.0 Å². The Balaban J connectivity index is 2.00. The number of sulfonamides is 1. The number of halogens is 4. The standard InChI is InChI=1S/C17H16F4N2O4S/c1-23(2)28(25,26)13-6-4-12(5-7-13)27-10-16(24)22-11-3-8-15(18)14(9-11)17(19,20)21/h3-9H,10H2,1-2H3,(H,22,24). The van der Waals surface area contributed by atoms with Gasteiger partial charge in [-0.3, -0.25) is 4.79 Å². The Kier molecular flexibility index (Phi) is 6.30. The lowest BCUT2D eigenvalue weighted by molar-refractivity contribution is -0.140. The van der Waals surface area contributed by atoms with Gasteiger partial charge in [-0.1, -0.05) is 0 Å². The molecule has 0 atom stereocenters. The third-order valence-corrected chi connectivity index (χ3v) is 5.36. The highest BCUT2D eigenvalue weighted by atomic mass is 32.2. The molecule has 0 aromatic heterocycles. The molecule has 0 bridgehead atoms. The van der Waals surface area contributed by atoms with Crippen LogP contribution in [0.4, 0.5) is 23.2 Å². The zero-order valence-electron chi connectivity index (χ0n) is 14.7. The van der Waals surface area contributed by atoms with Crippen LogP contribution in [0.3, 0.4) is 0 Å². The SMILES string of the molecule is CN(C)S(=O)(=O)c1ccc(OCC(=O)Nc2ccc(F)c(C(F)(F)F)c2)cc1. The van der Waals surface area contributed by atoms with Crippen molar-refractivity contribution in [2.75, 3.05) is 26.0 Å². The lowest BCUT2D eigenvalue weighted by Crippen LogP contribution is -2.22. The molecule has 1 amide bonds. The summed E-state index contributed by atoms with van der Waals surface area (Å²) in [4.78, 5) is 11.9. The number of hydrogen-bond acceptors (Lipinski definition) is 4. The van der Waals surface area contributed by atoms with E-state index in [2.05, 4.69) is 5.32 Å². The van der Waals surface area contributed by atoms with Crippen LogP contribution in [0, 0.1) is 5.82 Å². The van der Waals surface area contributed by atoms with E-state index in [0.717, 1.165) is 10.4 Å². The monoisotopic (exact) mass is 420 g/mol. The van der Waals surface area contributed by atoms with Gasteiger partial charge >= 0.3 is 6.18 Å². The molecular weight excluding hydrogens is 404 g/mol. The number of nitrogens with zero attached hydrogens (tertiary/aromatic N) is 1. The van der Waals surface area contributed by atoms with Crippen molar-refractivity contribution in [3.8, 4) is 5.75 Å². The van der Waals surface area contributed by atoms with Gasteiger partial charge in [0.1, 0.15) is 11.6 Å². The predicted octanol–water partition coefficient (Wildman–Crippen LogP) is 3.11. The molecule has 2 rings (SSSR count). The molecule has 0 saturated carbocycles. The fourth-order valence-corrected chi connectivity index (χ4v) is 2.99. The first-order chi connectivity index (χ1) is 12.9. The molecule has 0 aliphatic heterocycles. The zero-order valence-corrected chi connectivity index (χ0v) is 15.6. The van der Waals surface area contributed by atoms with E-state index in [1.807, 2.05) is 0 Å². The van der Waals surface area contributed by atoms with Crippen molar-refractivity contribution in [2.45, 2.75) is 11.1 Å². The molecule has 0 unspecified atom stereocenters. The molecule has 2 aromatic carbocycles. The van der Waals surface area contributed by atoms with Gasteiger partial charge in [0, 0.05) is 19.8 Å². The molecule has 11 heteroatoms. The van der Waals surface area contributed by atoms with Gasteiger partial charge in [0.05, 0.1) is 10.5 Å². The molecule has 0 aliphatic rings. The molecule has 152 valence electrons. The van der Waals surface area contributed by atoms with Crippen molar-refractivity contribution < 1.29 is 35.5 Å². The van der Waals surface area contributed by atoms with Gasteiger partial charge in [-0.15, -0.1) is 0 Å². The minimum atomic E-state index is -4.89. The zero-order chi connectivity index (χ0) is 21.1. The quantitative estimate of drug-likeness (QED) is 0.729. The largest absolute Gasteiger partial charge is 0.484 e. The highest BCUT2D eigenvalue weighted by Crippen LogP contribution is 2.33. The third kappa shape index (κ3) is 5.20. The molecule has 0 radical (unpaired) electrons. The van der Waals surface area contributed by atoms with E-state index < -0.39 is 40.1 Å². The number of rotatable bonds is 6. The van der Waals surface area contributed by atoms with E-state index >= 15 is 0 Å². The van der Waals surface area contributed by atoms with Crippen molar-refractivity contribution in [2.24, 2.45) is 0 Å². The molecule has 0 heterocycles. The first-order valence-corrected chi connectivity index (χ1v) is 9.17. The number of hydrogen-bond donors (Lipinski definition) is 1. The average Bonchev–Trinajstić information content (AvgIpc) is 2.61. The summed E-state index contributed by atoms with van der Waals surface area (Å²) < 4.78 is 81.4. The van der Waals surface area contributed by atoms with Gasteiger partial charge in [-0.2, -0.15) is 13.2 Å². The lowest BCUT2D eigenvalue weighted by Gasteiger charge is -2.13. The van der Waals surface area contributed by atoms with Crippen molar-refractivity contribution >= 4 is 21.6 Å². The third-order valence-electron chi connectivity index (χ3n) is 3.53. The van der Waals surface area contributed by atoms with Crippen molar-refractivity contribution in [1.82, 2.24) is 4.31 Å². The van der Waals surface area contributed by atoms with Crippen LogP contribution in [0.25, 0.3) is 0 Å². The van der Waals surface area contributed by atoms with E-state index in [0.29, 0.717) is 12.1 Å².